The predicted octanol–water partition coefficient (Wildman–Crippen LogP) is 6.25. The molecule has 0 radical (unpaired) electrons. The number of ketones is 2. The Morgan fingerprint density at radius 2 is 1.19 bits per heavy atom. The van der Waals surface area contributed by atoms with E-state index in [0.717, 1.165) is 32.1 Å². The molecule has 27 heavy (non-hydrogen) atoms. The maximum absolute atomic E-state index is 11.1. The number of nitrogens with two attached hydrogens (primary N) is 1. The van der Waals surface area contributed by atoms with Gasteiger partial charge < -0.3 is 10.5 Å². The molecular weight excluding hydrogens is 338 g/mol. The molecule has 2 N–H and O–H groups in total. The second kappa shape index (κ2) is 22.9. The minimum atomic E-state index is -0.330. The smallest absolute Gasteiger partial charge is 0.220 e. The molecule has 0 saturated heterocycles. The average Bonchev–Trinajstić information content (AvgIpc) is 2.58. The molecule has 0 aromatic rings. The van der Waals surface area contributed by atoms with Crippen molar-refractivity contribution < 1.29 is 14.4 Å². The van der Waals surface area contributed by atoms with Gasteiger partial charge in [-0.2, -0.15) is 0 Å². The number of amides is 1. The molecule has 0 aromatic heterocycles. The van der Waals surface area contributed by atoms with Crippen LogP contribution >= 0.6 is 0 Å². The molecule has 0 heterocycles. The number of unbranched alkanes of at least 4 members (excludes halogenated alkanes) is 5. The highest BCUT2D eigenvalue weighted by molar-refractivity contribution is 5.84. The first-order valence-corrected chi connectivity index (χ1v) is 11.0. The van der Waals surface area contributed by atoms with Gasteiger partial charge in [0.2, 0.25) is 5.91 Å². The summed E-state index contributed by atoms with van der Waals surface area (Å²) in [5.41, 5.74) is 5.26. The zero-order valence-electron chi connectivity index (χ0n) is 19.2. The normalized spacial score (nSPS) is 11.0. The number of Topliss-reactive ketones (excluding diaryl/α,β-unsaturated/α-hetero) is 2. The third-order valence-corrected chi connectivity index (χ3v) is 4.40. The van der Waals surface area contributed by atoms with E-state index in [1.54, 1.807) is 6.92 Å². The molecule has 1 amide bonds. The fourth-order valence-corrected chi connectivity index (χ4v) is 2.73. The minimum absolute atomic E-state index is 0.0507. The molecule has 0 aliphatic heterocycles. The van der Waals surface area contributed by atoms with Gasteiger partial charge in [-0.15, -0.1) is 0 Å². The summed E-state index contributed by atoms with van der Waals surface area (Å²) in [4.78, 5) is 32.6. The Labute approximate surface area is 169 Å². The molecule has 0 fully saturated rings. The molecule has 0 spiro atoms. The minimum Gasteiger partial charge on any atom is -0.369 e. The summed E-state index contributed by atoms with van der Waals surface area (Å²) in [5.74, 6) is 0.118. The molecule has 0 aromatic carbocycles. The summed E-state index contributed by atoms with van der Waals surface area (Å²) >= 11 is 0. The van der Waals surface area contributed by atoms with Crippen molar-refractivity contribution >= 4 is 17.5 Å². The molecule has 0 bridgehead atoms. The number of carbonyl (C=O) groups excluding carboxylic acids is 3. The van der Waals surface area contributed by atoms with Crippen LogP contribution in [0, 0.1) is 11.8 Å². The van der Waals surface area contributed by atoms with Crippen LogP contribution in [0.1, 0.15) is 119 Å². The molecule has 4 heteroatoms. The van der Waals surface area contributed by atoms with Gasteiger partial charge >= 0.3 is 0 Å². The van der Waals surface area contributed by atoms with Gasteiger partial charge in [-0.25, -0.2) is 0 Å². The van der Waals surface area contributed by atoms with Crippen molar-refractivity contribution in [3.63, 3.8) is 0 Å². The number of primary amides is 1. The SMILES string of the molecule is CCC.CCC(CC)C(C)=O.CCCCCCCC[C@H](CC(C)=O)C(N)=O. The van der Waals surface area contributed by atoms with Crippen LogP contribution in [0.15, 0.2) is 0 Å². The quantitative estimate of drug-likeness (QED) is 0.381. The molecule has 0 aliphatic carbocycles. The van der Waals surface area contributed by atoms with Crippen molar-refractivity contribution in [1.82, 2.24) is 0 Å². The number of hydrogen-bond acceptors (Lipinski definition) is 3. The highest BCUT2D eigenvalue weighted by Crippen LogP contribution is 2.15. The van der Waals surface area contributed by atoms with Crippen LogP contribution in [0.2, 0.25) is 0 Å². The molecule has 1 atom stereocenters. The largest absolute Gasteiger partial charge is 0.369 e. The molecule has 0 aliphatic rings. The highest BCUT2D eigenvalue weighted by Gasteiger charge is 2.16. The topological polar surface area (TPSA) is 77.2 Å². The first-order chi connectivity index (χ1) is 12.7. The van der Waals surface area contributed by atoms with Crippen LogP contribution in [0.4, 0.5) is 0 Å². The Morgan fingerprint density at radius 3 is 1.48 bits per heavy atom. The zero-order valence-corrected chi connectivity index (χ0v) is 19.2. The Hall–Kier alpha value is -1.19. The Kier molecular flexibility index (Phi) is 25.8. The van der Waals surface area contributed by atoms with Crippen LogP contribution in [-0.4, -0.2) is 17.5 Å². The van der Waals surface area contributed by atoms with Gasteiger partial charge in [0.25, 0.3) is 0 Å². The summed E-state index contributed by atoms with van der Waals surface area (Å²) in [7, 11) is 0. The lowest BCUT2D eigenvalue weighted by Gasteiger charge is -2.10. The Bertz CT molecular complexity index is 363. The third-order valence-electron chi connectivity index (χ3n) is 4.40. The van der Waals surface area contributed by atoms with E-state index in [1.807, 2.05) is 0 Å². The maximum atomic E-state index is 11.1. The predicted molar refractivity (Wildman–Crippen MR) is 117 cm³/mol. The number of rotatable bonds is 13. The lowest BCUT2D eigenvalue weighted by Crippen LogP contribution is -2.25. The Morgan fingerprint density at radius 1 is 0.741 bits per heavy atom. The van der Waals surface area contributed by atoms with E-state index < -0.39 is 0 Å². The lowest BCUT2D eigenvalue weighted by atomic mass is 9.95. The van der Waals surface area contributed by atoms with E-state index in [4.69, 9.17) is 5.73 Å². The third kappa shape index (κ3) is 24.8. The van der Waals surface area contributed by atoms with Gasteiger partial charge in [-0.3, -0.25) is 9.59 Å². The van der Waals surface area contributed by atoms with Crippen LogP contribution in [-0.2, 0) is 14.4 Å². The van der Waals surface area contributed by atoms with Crippen LogP contribution in [0.3, 0.4) is 0 Å². The van der Waals surface area contributed by atoms with E-state index in [9.17, 15) is 14.4 Å². The van der Waals surface area contributed by atoms with Crippen LogP contribution < -0.4 is 5.73 Å². The fraction of sp³-hybridized carbons (Fsp3) is 0.870. The van der Waals surface area contributed by atoms with Crippen LogP contribution in [0.5, 0.6) is 0 Å². The number of hydrogen-bond donors (Lipinski definition) is 1. The van der Waals surface area contributed by atoms with Crippen molar-refractivity contribution in [3.8, 4) is 0 Å². The van der Waals surface area contributed by atoms with Crippen molar-refractivity contribution in [2.75, 3.05) is 0 Å². The van der Waals surface area contributed by atoms with E-state index in [2.05, 4.69) is 34.6 Å². The second-order valence-corrected chi connectivity index (χ2v) is 7.39. The molecular formula is C23H47NO3. The van der Waals surface area contributed by atoms with E-state index in [1.165, 1.54) is 39.0 Å². The summed E-state index contributed by atoms with van der Waals surface area (Å²) in [5, 5.41) is 0. The summed E-state index contributed by atoms with van der Waals surface area (Å²) in [6, 6.07) is 0. The zero-order chi connectivity index (χ0) is 21.7. The summed E-state index contributed by atoms with van der Waals surface area (Å²) < 4.78 is 0. The first kappa shape index (κ1) is 30.5. The lowest BCUT2D eigenvalue weighted by molar-refractivity contribution is -0.126. The molecule has 0 rings (SSSR count). The first-order valence-electron chi connectivity index (χ1n) is 11.0. The van der Waals surface area contributed by atoms with Gasteiger partial charge in [-0.05, 0) is 33.1 Å². The van der Waals surface area contributed by atoms with E-state index in [-0.39, 0.29) is 17.6 Å². The molecule has 162 valence electrons. The second-order valence-electron chi connectivity index (χ2n) is 7.39. The van der Waals surface area contributed by atoms with Gasteiger partial charge in [0, 0.05) is 18.3 Å². The molecule has 0 saturated carbocycles. The number of carbonyl (C=O) groups is 3. The van der Waals surface area contributed by atoms with E-state index >= 15 is 0 Å². The molecule has 4 nitrogen and oxygen atoms in total. The van der Waals surface area contributed by atoms with Gasteiger partial charge in [0.15, 0.2) is 0 Å². The standard InChI is InChI=1S/C13H25NO2.C7H14O.C3H8/c1-3-4-5-6-7-8-9-12(13(14)16)10-11(2)15;1-4-7(5-2)6(3)8;1-3-2/h12H,3-10H2,1-2H3,(H2,14,16);7H,4-5H2,1-3H3;3H2,1-2H3/t12-;;/m1../s1. The van der Waals surface area contributed by atoms with Gasteiger partial charge in [-0.1, -0.05) is 79.6 Å². The Balaban J connectivity index is -0.000000436. The maximum Gasteiger partial charge on any atom is 0.220 e. The van der Waals surface area contributed by atoms with Crippen LogP contribution in [0.25, 0.3) is 0 Å². The van der Waals surface area contributed by atoms with Gasteiger partial charge in [0.05, 0.1) is 0 Å². The summed E-state index contributed by atoms with van der Waals surface area (Å²) in [6.07, 6.45) is 11.5. The monoisotopic (exact) mass is 385 g/mol. The fourth-order valence-electron chi connectivity index (χ4n) is 2.73. The van der Waals surface area contributed by atoms with Crippen molar-refractivity contribution in [3.05, 3.63) is 0 Å². The van der Waals surface area contributed by atoms with Crippen molar-refractivity contribution in [1.29, 1.82) is 0 Å². The van der Waals surface area contributed by atoms with Gasteiger partial charge in [0.1, 0.15) is 11.6 Å². The van der Waals surface area contributed by atoms with E-state index in [0.29, 0.717) is 18.1 Å². The summed E-state index contributed by atoms with van der Waals surface area (Å²) in [6.45, 7) is 13.7. The average molecular weight is 386 g/mol. The van der Waals surface area contributed by atoms with Crippen molar-refractivity contribution in [2.45, 2.75) is 119 Å². The van der Waals surface area contributed by atoms with Crippen molar-refractivity contribution in [2.24, 2.45) is 17.6 Å². The molecule has 0 unspecified atom stereocenters. The highest BCUT2D eigenvalue weighted by atomic mass is 16.1.